The van der Waals surface area contributed by atoms with E-state index in [1.165, 1.54) is 11.3 Å². The molecule has 2 aromatic carbocycles. The minimum Gasteiger partial charge on any atom is -0.379 e. The van der Waals surface area contributed by atoms with E-state index in [4.69, 9.17) is 9.72 Å². The van der Waals surface area contributed by atoms with E-state index in [1.54, 1.807) is 16.2 Å². The van der Waals surface area contributed by atoms with E-state index >= 15 is 0 Å². The molecule has 30 heavy (non-hydrogen) atoms. The highest BCUT2D eigenvalue weighted by molar-refractivity contribution is 7.22. The molecule has 4 aromatic rings. The van der Waals surface area contributed by atoms with Gasteiger partial charge in [0.2, 0.25) is 0 Å². The van der Waals surface area contributed by atoms with Crippen LogP contribution in [0.25, 0.3) is 20.4 Å². The lowest BCUT2D eigenvalue weighted by atomic mass is 10.3. The third-order valence-electron chi connectivity index (χ3n) is 4.98. The van der Waals surface area contributed by atoms with E-state index in [-0.39, 0.29) is 18.3 Å². The normalized spacial score (nSPS) is 14.7. The molecule has 0 aliphatic carbocycles. The molecular weight excluding hydrogens is 440 g/mol. The summed E-state index contributed by atoms with van der Waals surface area (Å²) in [7, 11) is 0. The molecule has 6 nitrogen and oxygen atoms in total. The van der Waals surface area contributed by atoms with E-state index in [9.17, 15) is 4.79 Å². The van der Waals surface area contributed by atoms with Crippen molar-refractivity contribution >= 4 is 66.6 Å². The van der Waals surface area contributed by atoms with Crippen molar-refractivity contribution < 1.29 is 9.53 Å². The van der Waals surface area contributed by atoms with E-state index in [2.05, 4.69) is 9.88 Å². The van der Waals surface area contributed by atoms with Crippen molar-refractivity contribution in [2.24, 2.45) is 0 Å². The number of morpholine rings is 1. The molecule has 5 rings (SSSR count). The van der Waals surface area contributed by atoms with Gasteiger partial charge in [-0.1, -0.05) is 35.6 Å². The number of para-hydroxylation sites is 2. The van der Waals surface area contributed by atoms with Crippen molar-refractivity contribution in [2.75, 3.05) is 44.3 Å². The number of nitrogens with zero attached hydrogens (tertiary/aromatic N) is 4. The second-order valence-electron chi connectivity index (χ2n) is 6.86. The van der Waals surface area contributed by atoms with Crippen molar-refractivity contribution in [3.8, 4) is 0 Å². The van der Waals surface area contributed by atoms with E-state index < -0.39 is 0 Å². The Balaban J connectivity index is 0.00000218. The van der Waals surface area contributed by atoms with E-state index in [0.717, 1.165) is 58.4 Å². The quantitative estimate of drug-likeness (QED) is 0.444. The van der Waals surface area contributed by atoms with Gasteiger partial charge >= 0.3 is 0 Å². The molecule has 1 fully saturated rings. The van der Waals surface area contributed by atoms with Crippen molar-refractivity contribution in [1.29, 1.82) is 0 Å². The zero-order chi connectivity index (χ0) is 19.6. The first-order chi connectivity index (χ1) is 14.3. The lowest BCUT2D eigenvalue weighted by molar-refractivity contribution is 0.0391. The van der Waals surface area contributed by atoms with Gasteiger partial charge < -0.3 is 4.74 Å². The Hall–Kier alpha value is -2.10. The van der Waals surface area contributed by atoms with Crippen LogP contribution in [0.5, 0.6) is 0 Å². The number of benzene rings is 2. The highest BCUT2D eigenvalue weighted by Crippen LogP contribution is 2.31. The number of halogens is 1. The third kappa shape index (κ3) is 4.33. The molecule has 1 aliphatic rings. The Morgan fingerprint density at radius 1 is 0.967 bits per heavy atom. The van der Waals surface area contributed by atoms with Crippen molar-refractivity contribution in [1.82, 2.24) is 14.9 Å². The molecule has 0 unspecified atom stereocenters. The zero-order valence-electron chi connectivity index (χ0n) is 16.2. The third-order valence-corrected chi connectivity index (χ3v) is 7.06. The van der Waals surface area contributed by atoms with Gasteiger partial charge in [0.25, 0.3) is 5.91 Å². The number of aromatic nitrogens is 2. The van der Waals surface area contributed by atoms with Crippen LogP contribution in [0.4, 0.5) is 5.13 Å². The van der Waals surface area contributed by atoms with Crippen molar-refractivity contribution in [3.05, 3.63) is 53.5 Å². The molecule has 9 heteroatoms. The van der Waals surface area contributed by atoms with Gasteiger partial charge in [-0.05, 0) is 24.3 Å². The van der Waals surface area contributed by atoms with Crippen LogP contribution in [0.1, 0.15) is 9.80 Å². The zero-order valence-corrected chi connectivity index (χ0v) is 18.6. The molecule has 2 aromatic heterocycles. The molecule has 156 valence electrons. The summed E-state index contributed by atoms with van der Waals surface area (Å²) in [6.07, 6.45) is 0. The maximum atomic E-state index is 13.5. The fourth-order valence-corrected chi connectivity index (χ4v) is 5.31. The summed E-state index contributed by atoms with van der Waals surface area (Å²) in [5, 5.41) is 1.23. The largest absolute Gasteiger partial charge is 0.379 e. The Kier molecular flexibility index (Phi) is 6.60. The summed E-state index contributed by atoms with van der Waals surface area (Å²) in [5.74, 6) is -0.0847. The van der Waals surface area contributed by atoms with Crippen molar-refractivity contribution in [2.45, 2.75) is 0 Å². The maximum absolute atomic E-state index is 13.5. The molecule has 0 bridgehead atoms. The minimum absolute atomic E-state index is 0. The summed E-state index contributed by atoms with van der Waals surface area (Å²) in [4.78, 5) is 26.9. The number of carbonyl (C=O) groups is 1. The van der Waals surface area contributed by atoms with Crippen molar-refractivity contribution in [3.63, 3.8) is 0 Å². The van der Waals surface area contributed by atoms with Gasteiger partial charge in [0.15, 0.2) is 10.1 Å². The van der Waals surface area contributed by atoms with Crippen LogP contribution in [0.3, 0.4) is 0 Å². The Morgan fingerprint density at radius 2 is 1.60 bits per heavy atom. The number of amides is 1. The summed E-state index contributed by atoms with van der Waals surface area (Å²) in [5.41, 5.74) is 1.78. The maximum Gasteiger partial charge on any atom is 0.289 e. The monoisotopic (exact) mass is 460 g/mol. The molecule has 1 saturated heterocycles. The van der Waals surface area contributed by atoms with Gasteiger partial charge in [0.1, 0.15) is 0 Å². The van der Waals surface area contributed by atoms with E-state index in [1.807, 2.05) is 48.5 Å². The Morgan fingerprint density at radius 3 is 2.27 bits per heavy atom. The average Bonchev–Trinajstić information content (AvgIpc) is 3.38. The fraction of sp³-hybridized carbons (Fsp3) is 0.286. The number of rotatable bonds is 5. The number of fused-ring (bicyclic) bond motifs is 2. The molecule has 0 N–H and O–H groups in total. The Bertz CT molecular complexity index is 1090. The smallest absolute Gasteiger partial charge is 0.289 e. The molecule has 0 radical (unpaired) electrons. The van der Waals surface area contributed by atoms with Gasteiger partial charge in [-0.25, -0.2) is 9.97 Å². The predicted molar refractivity (Wildman–Crippen MR) is 125 cm³/mol. The number of hydrogen-bond donors (Lipinski definition) is 0. The van der Waals surface area contributed by atoms with Crippen LogP contribution in [-0.4, -0.2) is 60.2 Å². The second-order valence-corrected chi connectivity index (χ2v) is 8.90. The Labute approximate surface area is 188 Å². The first kappa shape index (κ1) is 21.1. The first-order valence-electron chi connectivity index (χ1n) is 9.61. The molecule has 1 aliphatic heterocycles. The van der Waals surface area contributed by atoms with E-state index in [0.29, 0.717) is 11.6 Å². The number of ether oxygens (including phenoxy) is 1. The van der Waals surface area contributed by atoms with Crippen LogP contribution in [0.2, 0.25) is 0 Å². The molecular formula is C21H21ClN4O2S2. The van der Waals surface area contributed by atoms with Crippen LogP contribution in [0, 0.1) is 0 Å². The molecule has 1 amide bonds. The standard InChI is InChI=1S/C21H20N4O2S2.ClH/c26-20(19-22-15-5-1-3-7-17(15)28-19)25(10-9-24-11-13-27-14-12-24)21-23-16-6-2-4-8-18(16)29-21;/h1-8H,9-14H2;1H. The lowest BCUT2D eigenvalue weighted by Crippen LogP contribution is -2.43. The number of anilines is 1. The van der Waals surface area contributed by atoms with Gasteiger partial charge in [0.05, 0.1) is 33.6 Å². The minimum atomic E-state index is -0.0847. The van der Waals surface area contributed by atoms with Gasteiger partial charge in [-0.15, -0.1) is 23.7 Å². The molecule has 0 atom stereocenters. The lowest BCUT2D eigenvalue weighted by Gasteiger charge is -2.28. The number of thiazole rings is 2. The highest BCUT2D eigenvalue weighted by atomic mass is 35.5. The second kappa shape index (κ2) is 9.36. The topological polar surface area (TPSA) is 58.6 Å². The van der Waals surface area contributed by atoms with Crippen LogP contribution in [-0.2, 0) is 4.74 Å². The predicted octanol–water partition coefficient (Wildman–Crippen LogP) is 4.31. The summed E-state index contributed by atoms with van der Waals surface area (Å²) >= 11 is 2.99. The number of carbonyl (C=O) groups excluding carboxylic acids is 1. The van der Waals surface area contributed by atoms with Gasteiger partial charge in [-0.2, -0.15) is 0 Å². The van der Waals surface area contributed by atoms with Crippen LogP contribution >= 0.6 is 35.1 Å². The summed E-state index contributed by atoms with van der Waals surface area (Å²) in [6.45, 7) is 4.64. The molecule has 3 heterocycles. The van der Waals surface area contributed by atoms with Gasteiger partial charge in [-0.3, -0.25) is 14.6 Å². The molecule has 0 saturated carbocycles. The van der Waals surface area contributed by atoms with Crippen LogP contribution in [0.15, 0.2) is 48.5 Å². The number of hydrogen-bond acceptors (Lipinski definition) is 7. The fourth-order valence-electron chi connectivity index (χ4n) is 3.40. The van der Waals surface area contributed by atoms with Gasteiger partial charge in [0, 0.05) is 26.2 Å². The highest BCUT2D eigenvalue weighted by Gasteiger charge is 2.25. The SMILES string of the molecule is Cl.O=C(c1nc2ccccc2s1)N(CCN1CCOCC1)c1nc2ccccc2s1. The van der Waals surface area contributed by atoms with Crippen LogP contribution < -0.4 is 4.90 Å². The average molecular weight is 461 g/mol. The summed E-state index contributed by atoms with van der Waals surface area (Å²) in [6, 6.07) is 15.9. The first-order valence-corrected chi connectivity index (χ1v) is 11.2. The summed E-state index contributed by atoms with van der Waals surface area (Å²) < 4.78 is 7.54. The molecule has 0 spiro atoms.